The highest BCUT2D eigenvalue weighted by Gasteiger charge is 2.32. The quantitative estimate of drug-likeness (QED) is 0.488. The van der Waals surface area contributed by atoms with Crippen LogP contribution in [0.5, 0.6) is 0 Å². The van der Waals surface area contributed by atoms with Gasteiger partial charge in [-0.1, -0.05) is 37.7 Å². The molecule has 0 saturated heterocycles. The largest absolute Gasteiger partial charge is 0.392 e. The fraction of sp³-hybridized carbons (Fsp3) is 0.529. The molecule has 130 valence electrons. The molecule has 0 heterocycles. The Bertz CT molecular complexity index is 506. The van der Waals surface area contributed by atoms with Crippen molar-refractivity contribution in [1.29, 1.82) is 0 Å². The van der Waals surface area contributed by atoms with Gasteiger partial charge in [-0.25, -0.2) is 4.39 Å². The van der Waals surface area contributed by atoms with E-state index >= 15 is 0 Å². The highest BCUT2D eigenvalue weighted by atomic mass is 32.2. The van der Waals surface area contributed by atoms with Crippen molar-refractivity contribution in [1.82, 2.24) is 5.32 Å². The summed E-state index contributed by atoms with van der Waals surface area (Å²) >= 11 is 1.17. The van der Waals surface area contributed by atoms with E-state index in [1.807, 2.05) is 20.8 Å². The van der Waals surface area contributed by atoms with E-state index in [1.165, 1.54) is 23.9 Å². The van der Waals surface area contributed by atoms with Crippen LogP contribution in [0.25, 0.3) is 0 Å². The monoisotopic (exact) mass is 342 g/mol. The fourth-order valence-corrected chi connectivity index (χ4v) is 2.54. The maximum absolute atomic E-state index is 12.9. The minimum Gasteiger partial charge on any atom is -0.392 e. The smallest absolute Gasteiger partial charge is 0.157 e. The SMILES string of the molecule is CC.CN=C(NC(C)c1ccc(F)cc1)S[C@](C)(C=O)C(C)O. The summed E-state index contributed by atoms with van der Waals surface area (Å²) in [5.74, 6) is -0.285. The van der Waals surface area contributed by atoms with Gasteiger partial charge in [-0.3, -0.25) is 4.99 Å². The zero-order valence-corrected chi connectivity index (χ0v) is 15.4. The Labute approximate surface area is 142 Å². The Morgan fingerprint density at radius 1 is 1.35 bits per heavy atom. The van der Waals surface area contributed by atoms with Gasteiger partial charge < -0.3 is 15.2 Å². The second kappa shape index (κ2) is 10.4. The molecular formula is C17H27FN2O2S. The van der Waals surface area contributed by atoms with Crippen molar-refractivity contribution < 1.29 is 14.3 Å². The van der Waals surface area contributed by atoms with E-state index in [1.54, 1.807) is 33.0 Å². The number of aliphatic imine (C=N–C) groups is 1. The minimum absolute atomic E-state index is 0.0956. The molecule has 4 nitrogen and oxygen atoms in total. The van der Waals surface area contributed by atoms with E-state index in [0.29, 0.717) is 5.17 Å². The van der Waals surface area contributed by atoms with Gasteiger partial charge in [0.25, 0.3) is 0 Å². The molecule has 0 bridgehead atoms. The molecule has 1 aromatic rings. The van der Waals surface area contributed by atoms with Crippen LogP contribution in [0.1, 0.15) is 46.2 Å². The molecule has 1 aromatic carbocycles. The number of thioether (sulfide) groups is 1. The third-order valence-corrected chi connectivity index (χ3v) is 4.66. The van der Waals surface area contributed by atoms with Crippen LogP contribution < -0.4 is 5.32 Å². The van der Waals surface area contributed by atoms with Gasteiger partial charge in [0.15, 0.2) is 5.17 Å². The molecule has 0 aliphatic carbocycles. The first-order valence-corrected chi connectivity index (χ1v) is 8.46. The van der Waals surface area contributed by atoms with Gasteiger partial charge >= 0.3 is 0 Å². The van der Waals surface area contributed by atoms with Gasteiger partial charge in [-0.05, 0) is 38.5 Å². The van der Waals surface area contributed by atoms with Crippen LogP contribution >= 0.6 is 11.8 Å². The van der Waals surface area contributed by atoms with Crippen LogP contribution in [0, 0.1) is 5.82 Å². The second-order valence-corrected chi connectivity index (χ2v) is 6.50. The normalized spacial score (nSPS) is 16.4. The number of nitrogens with one attached hydrogen (secondary N) is 1. The molecule has 0 aliphatic heterocycles. The van der Waals surface area contributed by atoms with Crippen molar-refractivity contribution in [2.75, 3.05) is 7.05 Å². The Kier molecular flexibility index (Phi) is 9.76. The van der Waals surface area contributed by atoms with Gasteiger partial charge in [0.05, 0.1) is 12.1 Å². The number of aldehydes is 1. The lowest BCUT2D eigenvalue weighted by molar-refractivity contribution is -0.111. The molecule has 0 amide bonds. The number of nitrogens with zero attached hydrogens (tertiary/aromatic N) is 1. The van der Waals surface area contributed by atoms with Crippen LogP contribution in [0.2, 0.25) is 0 Å². The first kappa shape index (κ1) is 21.6. The summed E-state index contributed by atoms with van der Waals surface area (Å²) < 4.78 is 12.0. The maximum atomic E-state index is 12.9. The summed E-state index contributed by atoms with van der Waals surface area (Å²) in [4.78, 5) is 15.3. The summed E-state index contributed by atoms with van der Waals surface area (Å²) in [5, 5.41) is 13.4. The average Bonchev–Trinajstić information content (AvgIpc) is 2.56. The van der Waals surface area contributed by atoms with Crippen LogP contribution in [0.15, 0.2) is 29.3 Å². The number of carbonyl (C=O) groups excluding carboxylic acids is 1. The molecule has 0 radical (unpaired) electrons. The molecule has 0 aliphatic rings. The Balaban J connectivity index is 0.00000232. The molecule has 3 atom stereocenters. The lowest BCUT2D eigenvalue weighted by Gasteiger charge is -2.27. The van der Waals surface area contributed by atoms with Crippen molar-refractivity contribution in [2.45, 2.75) is 51.5 Å². The first-order chi connectivity index (χ1) is 10.8. The van der Waals surface area contributed by atoms with E-state index in [0.717, 1.165) is 11.8 Å². The number of hydrogen-bond donors (Lipinski definition) is 2. The Morgan fingerprint density at radius 3 is 2.26 bits per heavy atom. The Morgan fingerprint density at radius 2 is 1.87 bits per heavy atom. The summed E-state index contributed by atoms with van der Waals surface area (Å²) in [6.07, 6.45) is -0.0859. The second-order valence-electron chi connectivity index (χ2n) is 5.03. The van der Waals surface area contributed by atoms with Gasteiger partial charge in [0.2, 0.25) is 0 Å². The van der Waals surface area contributed by atoms with E-state index in [-0.39, 0.29) is 11.9 Å². The lowest BCUT2D eigenvalue weighted by atomic mass is 10.1. The number of carbonyl (C=O) groups is 1. The molecule has 1 rings (SSSR count). The average molecular weight is 342 g/mol. The van der Waals surface area contributed by atoms with Crippen molar-refractivity contribution in [3.63, 3.8) is 0 Å². The molecule has 0 fully saturated rings. The van der Waals surface area contributed by atoms with E-state index in [2.05, 4.69) is 10.3 Å². The Hall–Kier alpha value is -1.40. The van der Waals surface area contributed by atoms with E-state index in [9.17, 15) is 14.3 Å². The topological polar surface area (TPSA) is 61.7 Å². The highest BCUT2D eigenvalue weighted by molar-refractivity contribution is 8.15. The molecule has 6 heteroatoms. The molecule has 0 saturated carbocycles. The molecule has 2 unspecified atom stereocenters. The summed E-state index contributed by atoms with van der Waals surface area (Å²) in [7, 11) is 1.61. The lowest BCUT2D eigenvalue weighted by Crippen LogP contribution is -2.39. The van der Waals surface area contributed by atoms with Gasteiger partial charge in [0.1, 0.15) is 16.9 Å². The molecule has 0 spiro atoms. The fourth-order valence-electron chi connectivity index (χ4n) is 1.58. The van der Waals surface area contributed by atoms with Gasteiger partial charge in [0, 0.05) is 7.05 Å². The number of halogens is 1. The number of rotatable bonds is 5. The van der Waals surface area contributed by atoms with Crippen molar-refractivity contribution in [3.05, 3.63) is 35.6 Å². The predicted octanol–water partition coefficient (Wildman–Crippen LogP) is 3.56. The first-order valence-electron chi connectivity index (χ1n) is 7.64. The summed E-state index contributed by atoms with van der Waals surface area (Å²) in [6, 6.07) is 6.09. The van der Waals surface area contributed by atoms with Crippen LogP contribution in [0.3, 0.4) is 0 Å². The molecular weight excluding hydrogens is 315 g/mol. The number of hydrogen-bond acceptors (Lipinski definition) is 4. The number of benzene rings is 1. The highest BCUT2D eigenvalue weighted by Crippen LogP contribution is 2.28. The number of aliphatic hydroxyl groups is 1. The van der Waals surface area contributed by atoms with Crippen molar-refractivity contribution in [2.24, 2.45) is 4.99 Å². The standard InChI is InChI=1S/C15H21FN2O2S.C2H6/c1-10(12-5-7-13(16)8-6-12)18-14(17-4)21-15(3,9-19)11(2)20;1-2/h5-11,20H,1-4H3,(H,17,18);1-2H3/t10?,11?,15-;/m1./s1. The van der Waals surface area contributed by atoms with Crippen LogP contribution in [-0.4, -0.2) is 34.5 Å². The minimum atomic E-state index is -0.968. The number of aliphatic hydroxyl groups excluding tert-OH is 1. The van der Waals surface area contributed by atoms with Crippen LogP contribution in [0.4, 0.5) is 4.39 Å². The van der Waals surface area contributed by atoms with Gasteiger partial charge in [-0.15, -0.1) is 0 Å². The van der Waals surface area contributed by atoms with Crippen molar-refractivity contribution in [3.8, 4) is 0 Å². The van der Waals surface area contributed by atoms with Gasteiger partial charge in [-0.2, -0.15) is 0 Å². The summed E-state index contributed by atoms with van der Waals surface area (Å²) in [6.45, 7) is 9.14. The zero-order valence-electron chi connectivity index (χ0n) is 14.6. The maximum Gasteiger partial charge on any atom is 0.157 e. The summed E-state index contributed by atoms with van der Waals surface area (Å²) in [5.41, 5.74) is 0.906. The third kappa shape index (κ3) is 6.71. The zero-order chi connectivity index (χ0) is 18.0. The predicted molar refractivity (Wildman–Crippen MR) is 96.4 cm³/mol. The molecule has 2 N–H and O–H groups in total. The van der Waals surface area contributed by atoms with Crippen molar-refractivity contribution >= 4 is 23.2 Å². The molecule has 23 heavy (non-hydrogen) atoms. The van der Waals surface area contributed by atoms with E-state index < -0.39 is 10.9 Å². The molecule has 0 aromatic heterocycles. The van der Waals surface area contributed by atoms with Crippen LogP contribution in [-0.2, 0) is 4.79 Å². The third-order valence-electron chi connectivity index (χ3n) is 3.29. The number of amidine groups is 1. The van der Waals surface area contributed by atoms with E-state index in [4.69, 9.17) is 0 Å².